The first-order valence-electron chi connectivity index (χ1n) is 9.85. The number of benzene rings is 3. The second-order valence-corrected chi connectivity index (χ2v) is 7.55. The summed E-state index contributed by atoms with van der Waals surface area (Å²) in [7, 11) is 0. The van der Waals surface area contributed by atoms with Crippen molar-refractivity contribution in [1.29, 1.82) is 0 Å². The Morgan fingerprint density at radius 1 is 0.909 bits per heavy atom. The quantitative estimate of drug-likeness (QED) is 0.170. The molecular formula is C24H18N4O4S. The van der Waals surface area contributed by atoms with Crippen LogP contribution in [0.4, 0.5) is 5.13 Å². The minimum Gasteiger partial charge on any atom is -0.476 e. The Kier molecular flexibility index (Phi) is 6.51. The van der Waals surface area contributed by atoms with E-state index < -0.39 is 17.3 Å². The van der Waals surface area contributed by atoms with Crippen LogP contribution in [-0.2, 0) is 20.0 Å². The van der Waals surface area contributed by atoms with Crippen molar-refractivity contribution >= 4 is 34.8 Å². The predicted octanol–water partition coefficient (Wildman–Crippen LogP) is 3.90. The summed E-state index contributed by atoms with van der Waals surface area (Å²) in [5, 5.41) is 16.3. The smallest absolute Gasteiger partial charge is 0.362 e. The molecule has 1 aromatic heterocycles. The number of aliphatic carboxylic acids is 1. The van der Waals surface area contributed by atoms with Crippen LogP contribution < -0.4 is 5.32 Å². The van der Waals surface area contributed by atoms with E-state index in [1.807, 2.05) is 91.0 Å². The molecule has 4 rings (SSSR count). The van der Waals surface area contributed by atoms with Crippen molar-refractivity contribution in [2.75, 3.05) is 5.32 Å². The number of amides is 1. The van der Waals surface area contributed by atoms with Crippen LogP contribution in [0.5, 0.6) is 0 Å². The van der Waals surface area contributed by atoms with Crippen molar-refractivity contribution < 1.29 is 19.5 Å². The number of nitrogens with one attached hydrogen (secondary N) is 1. The van der Waals surface area contributed by atoms with Gasteiger partial charge in [0.05, 0.1) is 0 Å². The molecule has 2 N–H and O–H groups in total. The van der Waals surface area contributed by atoms with Gasteiger partial charge in [0.25, 0.3) is 0 Å². The molecule has 0 radical (unpaired) electrons. The summed E-state index contributed by atoms with van der Waals surface area (Å²) in [6, 6.07) is 28.3. The number of oxime groups is 1. The summed E-state index contributed by atoms with van der Waals surface area (Å²) < 4.78 is 3.99. The summed E-state index contributed by atoms with van der Waals surface area (Å²) in [6.07, 6.45) is 0.434. The lowest BCUT2D eigenvalue weighted by atomic mass is 9.80. The average molecular weight is 458 g/mol. The second-order valence-electron chi connectivity index (χ2n) is 6.80. The molecule has 0 aliphatic carbocycles. The fourth-order valence-electron chi connectivity index (χ4n) is 3.40. The van der Waals surface area contributed by atoms with Gasteiger partial charge in [0.2, 0.25) is 28.7 Å². The third-order valence-corrected chi connectivity index (χ3v) is 5.48. The Labute approximate surface area is 193 Å². The zero-order valence-corrected chi connectivity index (χ0v) is 18.0. The van der Waals surface area contributed by atoms with E-state index in [0.717, 1.165) is 28.2 Å². The van der Waals surface area contributed by atoms with Gasteiger partial charge in [-0.3, -0.25) is 4.79 Å². The maximum atomic E-state index is 12.0. The molecule has 9 heteroatoms. The number of carboxylic acids is 1. The highest BCUT2D eigenvalue weighted by Gasteiger charge is 2.40. The van der Waals surface area contributed by atoms with Gasteiger partial charge >= 0.3 is 5.97 Å². The maximum Gasteiger partial charge on any atom is 0.362 e. The zero-order chi connectivity index (χ0) is 23.1. The summed E-state index contributed by atoms with van der Waals surface area (Å²) >= 11 is 0.839. The maximum absolute atomic E-state index is 12.0. The number of hydrogen-bond acceptors (Lipinski definition) is 7. The lowest BCUT2D eigenvalue weighted by molar-refractivity contribution is -0.129. The highest BCUT2D eigenvalue weighted by molar-refractivity contribution is 7.10. The van der Waals surface area contributed by atoms with Gasteiger partial charge in [-0.25, -0.2) is 4.79 Å². The molecule has 0 bridgehead atoms. The zero-order valence-electron chi connectivity index (χ0n) is 17.2. The van der Waals surface area contributed by atoms with E-state index in [-0.39, 0.29) is 11.0 Å². The third-order valence-electron chi connectivity index (χ3n) is 4.84. The Morgan fingerprint density at radius 3 is 1.82 bits per heavy atom. The van der Waals surface area contributed by atoms with Gasteiger partial charge in [0, 0.05) is 28.2 Å². The van der Waals surface area contributed by atoms with Crippen molar-refractivity contribution in [2.24, 2.45) is 5.16 Å². The minimum absolute atomic E-state index is 0.148. The average Bonchev–Trinajstić information content (AvgIpc) is 3.32. The Morgan fingerprint density at radius 2 is 1.39 bits per heavy atom. The number of aromatic nitrogens is 2. The van der Waals surface area contributed by atoms with Crippen molar-refractivity contribution in [3.8, 4) is 0 Å². The van der Waals surface area contributed by atoms with Crippen molar-refractivity contribution in [1.82, 2.24) is 9.36 Å². The topological polar surface area (TPSA) is 114 Å². The first-order chi connectivity index (χ1) is 16.1. The SMILES string of the molecule is O=CNc1nc(/C(=N/OC(c2ccccc2)(c2ccccc2)c2ccccc2)C(=O)O)ns1. The van der Waals surface area contributed by atoms with E-state index in [4.69, 9.17) is 4.84 Å². The molecule has 33 heavy (non-hydrogen) atoms. The molecule has 0 saturated carbocycles. The largest absolute Gasteiger partial charge is 0.476 e. The molecule has 1 heterocycles. The van der Waals surface area contributed by atoms with Gasteiger partial charge < -0.3 is 15.3 Å². The van der Waals surface area contributed by atoms with E-state index in [9.17, 15) is 14.7 Å². The Balaban J connectivity index is 1.90. The van der Waals surface area contributed by atoms with Gasteiger partial charge in [0.1, 0.15) is 0 Å². The summed E-state index contributed by atoms with van der Waals surface area (Å²) in [5.41, 5.74) is 0.531. The number of nitrogens with zero attached hydrogens (tertiary/aromatic N) is 3. The monoisotopic (exact) mass is 458 g/mol. The highest BCUT2D eigenvalue weighted by atomic mass is 32.1. The van der Waals surface area contributed by atoms with E-state index in [1.165, 1.54) is 0 Å². The van der Waals surface area contributed by atoms with Crippen molar-refractivity contribution in [3.63, 3.8) is 0 Å². The standard InChI is InChI=1S/C24H18N4O4S/c29-16-25-23-26-21(28-33-23)20(22(30)31)27-32-24(17-10-4-1-5-11-17,18-12-6-2-7-13-18)19-14-8-3-9-15-19/h1-16H,(H,30,31)(H,25,26,28,29)/b27-20-. The molecule has 0 unspecified atom stereocenters. The third kappa shape index (κ3) is 4.48. The van der Waals surface area contributed by atoms with E-state index in [0.29, 0.717) is 6.41 Å². The van der Waals surface area contributed by atoms with Crippen LogP contribution in [0.3, 0.4) is 0 Å². The summed E-state index contributed by atoms with van der Waals surface area (Å²) in [5.74, 6) is -1.53. The predicted molar refractivity (Wildman–Crippen MR) is 124 cm³/mol. The lowest BCUT2D eigenvalue weighted by Crippen LogP contribution is -2.32. The van der Waals surface area contributed by atoms with Crippen LogP contribution in [0.2, 0.25) is 0 Å². The number of anilines is 1. The molecular weight excluding hydrogens is 440 g/mol. The van der Waals surface area contributed by atoms with Gasteiger partial charge in [0.15, 0.2) is 0 Å². The van der Waals surface area contributed by atoms with Crippen LogP contribution in [0, 0.1) is 0 Å². The molecule has 0 aliphatic heterocycles. The normalized spacial score (nSPS) is 11.6. The first-order valence-corrected chi connectivity index (χ1v) is 10.6. The summed E-state index contributed by atoms with van der Waals surface area (Å²) in [4.78, 5) is 32.9. The van der Waals surface area contributed by atoms with Crippen LogP contribution >= 0.6 is 11.5 Å². The van der Waals surface area contributed by atoms with Crippen molar-refractivity contribution in [2.45, 2.75) is 5.60 Å². The molecule has 8 nitrogen and oxygen atoms in total. The van der Waals surface area contributed by atoms with E-state index in [1.54, 1.807) is 0 Å². The van der Waals surface area contributed by atoms with E-state index in [2.05, 4.69) is 19.8 Å². The summed E-state index contributed by atoms with van der Waals surface area (Å²) in [6.45, 7) is 0. The lowest BCUT2D eigenvalue weighted by Gasteiger charge is -2.33. The van der Waals surface area contributed by atoms with Gasteiger partial charge in [-0.1, -0.05) is 96.2 Å². The van der Waals surface area contributed by atoms with Gasteiger partial charge in [-0.15, -0.1) is 0 Å². The fraction of sp³-hybridized carbons (Fsp3) is 0.0417. The van der Waals surface area contributed by atoms with Crippen molar-refractivity contribution in [3.05, 3.63) is 114 Å². The molecule has 0 spiro atoms. The molecule has 164 valence electrons. The molecule has 3 aromatic carbocycles. The van der Waals surface area contributed by atoms with Gasteiger partial charge in [-0.2, -0.15) is 9.36 Å². The van der Waals surface area contributed by atoms with Crippen LogP contribution in [0.1, 0.15) is 22.5 Å². The molecule has 0 atom stereocenters. The number of carbonyl (C=O) groups excluding carboxylic acids is 1. The molecule has 0 aliphatic rings. The molecule has 1 amide bonds. The van der Waals surface area contributed by atoms with Crippen LogP contribution in [0.25, 0.3) is 0 Å². The molecule has 0 saturated heterocycles. The second kappa shape index (κ2) is 9.84. The molecule has 0 fully saturated rings. The Bertz CT molecular complexity index is 1160. The van der Waals surface area contributed by atoms with Crippen LogP contribution in [-0.4, -0.2) is 32.6 Å². The minimum atomic E-state index is -1.37. The first kappa shape index (κ1) is 21.8. The number of carbonyl (C=O) groups is 2. The Hall–Kier alpha value is -4.37. The number of rotatable bonds is 9. The number of hydrogen-bond donors (Lipinski definition) is 2. The van der Waals surface area contributed by atoms with Gasteiger partial charge in [-0.05, 0) is 0 Å². The highest BCUT2D eigenvalue weighted by Crippen LogP contribution is 2.40. The van der Waals surface area contributed by atoms with E-state index >= 15 is 0 Å². The van der Waals surface area contributed by atoms with Crippen LogP contribution in [0.15, 0.2) is 96.2 Å². The molecule has 4 aromatic rings. The number of carboxylic acid groups (broad SMARTS) is 1. The fourth-order valence-corrected chi connectivity index (χ4v) is 3.92.